The topological polar surface area (TPSA) is 52.6 Å². The highest BCUT2D eigenvalue weighted by atomic mass is 35.5. The van der Waals surface area contributed by atoms with Crippen LogP contribution in [0.25, 0.3) is 0 Å². The van der Waals surface area contributed by atoms with E-state index in [2.05, 4.69) is 5.43 Å². The number of fused-ring (bicyclic) bond motifs is 1. The number of carboxylic acids is 1. The molecule has 0 saturated heterocycles. The number of hydrogen-bond donors (Lipinski definition) is 2. The second-order valence-corrected chi connectivity index (χ2v) is 3.10. The molecule has 0 unspecified atom stereocenters. The molecule has 0 aromatic rings. The molecule has 2 aliphatic rings. The van der Waals surface area contributed by atoms with Crippen LogP contribution in [-0.4, -0.2) is 22.6 Å². The third kappa shape index (κ3) is 1.24. The fourth-order valence-corrected chi connectivity index (χ4v) is 1.61. The molecule has 0 aromatic carbocycles. The Morgan fingerprint density at radius 3 is 3.15 bits per heavy atom. The number of nitrogens with zero attached hydrogens (tertiary/aromatic N) is 1. The Labute approximate surface area is 79.8 Å². The van der Waals surface area contributed by atoms with E-state index in [9.17, 15) is 4.79 Å². The van der Waals surface area contributed by atoms with Gasteiger partial charge in [-0.05, 0) is 12.2 Å². The molecule has 0 atom stereocenters. The fraction of sp³-hybridized carbons (Fsp3) is 0.125. The van der Waals surface area contributed by atoms with Crippen LogP contribution in [0.15, 0.2) is 34.7 Å². The molecular weight excluding hydrogens is 192 g/mol. The largest absolute Gasteiger partial charge is 0.478 e. The van der Waals surface area contributed by atoms with E-state index in [1.807, 2.05) is 0 Å². The maximum absolute atomic E-state index is 10.8. The van der Waals surface area contributed by atoms with E-state index in [1.165, 1.54) is 0 Å². The summed E-state index contributed by atoms with van der Waals surface area (Å²) in [5.41, 5.74) is 3.72. The van der Waals surface area contributed by atoms with Gasteiger partial charge in [-0.1, -0.05) is 11.6 Å². The Morgan fingerprint density at radius 2 is 2.46 bits per heavy atom. The summed E-state index contributed by atoms with van der Waals surface area (Å²) in [5, 5.41) is 10.9. The minimum Gasteiger partial charge on any atom is -0.478 e. The van der Waals surface area contributed by atoms with Crippen LogP contribution < -0.4 is 5.43 Å². The summed E-state index contributed by atoms with van der Waals surface area (Å²) in [6.07, 6.45) is 5.16. The van der Waals surface area contributed by atoms with Crippen molar-refractivity contribution in [2.45, 2.75) is 0 Å². The maximum atomic E-state index is 10.8. The van der Waals surface area contributed by atoms with E-state index in [0.717, 1.165) is 0 Å². The number of hydrogen-bond acceptors (Lipinski definition) is 3. The van der Waals surface area contributed by atoms with Crippen molar-refractivity contribution in [3.8, 4) is 0 Å². The number of carbonyl (C=O) groups is 1. The number of carboxylic acid groups (broad SMARTS) is 1. The SMILES string of the molecule is O=C(O)C1=C2C(Cl)=CC=CN2NC1. The smallest absolute Gasteiger partial charge is 0.335 e. The second-order valence-electron chi connectivity index (χ2n) is 2.69. The van der Waals surface area contributed by atoms with Crippen molar-refractivity contribution >= 4 is 17.6 Å². The standard InChI is InChI=1S/C8H7ClN2O2/c9-6-2-1-3-11-7(6)5(4-10-11)8(12)13/h1-3,10H,4H2,(H,12,13). The van der Waals surface area contributed by atoms with Crippen LogP contribution >= 0.6 is 11.6 Å². The summed E-state index contributed by atoms with van der Waals surface area (Å²) in [7, 11) is 0. The monoisotopic (exact) mass is 198 g/mol. The van der Waals surface area contributed by atoms with Gasteiger partial charge < -0.3 is 5.11 Å². The quantitative estimate of drug-likeness (QED) is 0.654. The van der Waals surface area contributed by atoms with Gasteiger partial charge in [-0.25, -0.2) is 10.2 Å². The van der Waals surface area contributed by atoms with Gasteiger partial charge in [0.05, 0.1) is 16.3 Å². The first-order valence-electron chi connectivity index (χ1n) is 3.73. The van der Waals surface area contributed by atoms with Gasteiger partial charge in [-0.3, -0.25) is 5.01 Å². The molecule has 0 bridgehead atoms. The molecule has 0 amide bonds. The van der Waals surface area contributed by atoms with Crippen molar-refractivity contribution in [1.29, 1.82) is 0 Å². The van der Waals surface area contributed by atoms with E-state index in [0.29, 0.717) is 22.8 Å². The van der Waals surface area contributed by atoms with Gasteiger partial charge in [-0.2, -0.15) is 0 Å². The second kappa shape index (κ2) is 2.90. The lowest BCUT2D eigenvalue weighted by Crippen LogP contribution is -2.27. The molecule has 13 heavy (non-hydrogen) atoms. The van der Waals surface area contributed by atoms with Crippen LogP contribution in [0, 0.1) is 0 Å². The Balaban J connectivity index is 2.48. The van der Waals surface area contributed by atoms with Crippen molar-refractivity contribution in [3.63, 3.8) is 0 Å². The summed E-state index contributed by atoms with van der Waals surface area (Å²) >= 11 is 5.86. The van der Waals surface area contributed by atoms with Crippen molar-refractivity contribution in [2.24, 2.45) is 0 Å². The fourth-order valence-electron chi connectivity index (χ4n) is 1.33. The predicted octanol–water partition coefficient (Wildman–Crippen LogP) is 0.795. The van der Waals surface area contributed by atoms with E-state index < -0.39 is 5.97 Å². The van der Waals surface area contributed by atoms with Gasteiger partial charge >= 0.3 is 5.97 Å². The van der Waals surface area contributed by atoms with Gasteiger partial charge in [0.15, 0.2) is 0 Å². The summed E-state index contributed by atoms with van der Waals surface area (Å²) in [6.45, 7) is 0.305. The molecule has 0 fully saturated rings. The van der Waals surface area contributed by atoms with Gasteiger partial charge in [-0.15, -0.1) is 0 Å². The van der Waals surface area contributed by atoms with Crippen molar-refractivity contribution < 1.29 is 9.90 Å². The minimum absolute atomic E-state index is 0.297. The number of hydrazine groups is 1. The van der Waals surface area contributed by atoms with Crippen LogP contribution in [0.1, 0.15) is 0 Å². The third-order valence-corrected chi connectivity index (χ3v) is 2.22. The molecule has 0 aliphatic carbocycles. The molecule has 4 nitrogen and oxygen atoms in total. The summed E-state index contributed by atoms with van der Waals surface area (Å²) in [6, 6.07) is 0. The molecule has 2 N–H and O–H groups in total. The van der Waals surface area contributed by atoms with Crippen LogP contribution in [0.2, 0.25) is 0 Å². The van der Waals surface area contributed by atoms with Crippen molar-refractivity contribution in [2.75, 3.05) is 6.54 Å². The highest BCUT2D eigenvalue weighted by molar-refractivity contribution is 6.32. The van der Waals surface area contributed by atoms with E-state index in [-0.39, 0.29) is 0 Å². The lowest BCUT2D eigenvalue weighted by Gasteiger charge is -2.19. The molecule has 5 heteroatoms. The van der Waals surface area contributed by atoms with Crippen LogP contribution in [0.3, 0.4) is 0 Å². The molecule has 0 radical (unpaired) electrons. The Morgan fingerprint density at radius 1 is 1.69 bits per heavy atom. The molecule has 2 heterocycles. The van der Waals surface area contributed by atoms with Crippen LogP contribution in [0.5, 0.6) is 0 Å². The first-order chi connectivity index (χ1) is 6.20. The van der Waals surface area contributed by atoms with Crippen LogP contribution in [0.4, 0.5) is 0 Å². The predicted molar refractivity (Wildman–Crippen MR) is 47.6 cm³/mol. The molecular formula is C8H7ClN2O2. The van der Waals surface area contributed by atoms with Gasteiger partial charge in [0.1, 0.15) is 0 Å². The zero-order valence-electron chi connectivity index (χ0n) is 6.62. The lowest BCUT2D eigenvalue weighted by atomic mass is 10.2. The van der Waals surface area contributed by atoms with Crippen LogP contribution in [-0.2, 0) is 4.79 Å². The van der Waals surface area contributed by atoms with Gasteiger partial charge in [0.25, 0.3) is 0 Å². The van der Waals surface area contributed by atoms with Gasteiger partial charge in [0.2, 0.25) is 0 Å². The maximum Gasteiger partial charge on any atom is 0.335 e. The van der Waals surface area contributed by atoms with E-state index in [4.69, 9.17) is 16.7 Å². The van der Waals surface area contributed by atoms with E-state index >= 15 is 0 Å². The molecule has 0 saturated carbocycles. The summed E-state index contributed by atoms with van der Waals surface area (Å²) < 4.78 is 0. The lowest BCUT2D eigenvalue weighted by molar-refractivity contribution is -0.132. The Bertz CT molecular complexity index is 357. The number of rotatable bonds is 1. The number of aliphatic carboxylic acids is 1. The average molecular weight is 199 g/mol. The highest BCUT2D eigenvalue weighted by Gasteiger charge is 2.28. The van der Waals surface area contributed by atoms with Gasteiger partial charge in [0, 0.05) is 12.7 Å². The van der Waals surface area contributed by atoms with E-state index in [1.54, 1.807) is 23.4 Å². The average Bonchev–Trinajstić information content (AvgIpc) is 2.49. The Kier molecular flexibility index (Phi) is 1.86. The van der Waals surface area contributed by atoms with Crippen molar-refractivity contribution in [1.82, 2.24) is 10.4 Å². The molecule has 68 valence electrons. The number of halogens is 1. The molecule has 2 rings (SSSR count). The number of nitrogens with one attached hydrogen (secondary N) is 1. The molecule has 0 spiro atoms. The zero-order chi connectivity index (χ0) is 9.42. The zero-order valence-corrected chi connectivity index (χ0v) is 7.38. The molecule has 2 aliphatic heterocycles. The first kappa shape index (κ1) is 8.34. The Hall–Kier alpha value is -1.26. The third-order valence-electron chi connectivity index (χ3n) is 1.91. The minimum atomic E-state index is -0.938. The first-order valence-corrected chi connectivity index (χ1v) is 4.11. The normalized spacial score (nSPS) is 20.4. The number of allylic oxidation sites excluding steroid dienone is 3. The summed E-state index contributed by atoms with van der Waals surface area (Å²) in [4.78, 5) is 10.8. The van der Waals surface area contributed by atoms with Crippen molar-refractivity contribution in [3.05, 3.63) is 34.7 Å². The molecule has 0 aromatic heterocycles. The summed E-state index contributed by atoms with van der Waals surface area (Å²) in [5.74, 6) is -0.938. The highest BCUT2D eigenvalue weighted by Crippen LogP contribution is 2.28.